The SMILES string of the molecule is CN1CCCC1Cn1nc(C(C)(C)C)ccc1=O. The number of nitrogens with zero attached hydrogens (tertiary/aromatic N) is 3. The zero-order chi connectivity index (χ0) is 13.3. The molecule has 0 aliphatic carbocycles. The van der Waals surface area contributed by atoms with E-state index in [4.69, 9.17) is 0 Å². The van der Waals surface area contributed by atoms with Crippen molar-refractivity contribution >= 4 is 0 Å². The van der Waals surface area contributed by atoms with Crippen molar-refractivity contribution in [3.63, 3.8) is 0 Å². The lowest BCUT2D eigenvalue weighted by Gasteiger charge is -2.22. The molecule has 1 unspecified atom stereocenters. The van der Waals surface area contributed by atoms with Crippen LogP contribution in [-0.4, -0.2) is 34.3 Å². The largest absolute Gasteiger partial charge is 0.302 e. The Bertz CT molecular complexity index is 473. The summed E-state index contributed by atoms with van der Waals surface area (Å²) in [5.41, 5.74) is 0.961. The van der Waals surface area contributed by atoms with Gasteiger partial charge >= 0.3 is 0 Å². The standard InChI is InChI=1S/C14H23N3O/c1-14(2,3)12-7-8-13(18)17(15-12)10-11-6-5-9-16(11)4/h7-8,11H,5-6,9-10H2,1-4H3. The van der Waals surface area contributed by atoms with E-state index in [0.717, 1.165) is 18.7 Å². The minimum atomic E-state index is -0.0168. The van der Waals surface area contributed by atoms with Crippen molar-refractivity contribution in [2.45, 2.75) is 51.6 Å². The zero-order valence-corrected chi connectivity index (χ0v) is 11.8. The first kappa shape index (κ1) is 13.3. The number of rotatable bonds is 2. The second-order valence-electron chi connectivity index (χ2n) is 6.27. The summed E-state index contributed by atoms with van der Waals surface area (Å²) in [5, 5.41) is 4.52. The Labute approximate surface area is 109 Å². The summed E-state index contributed by atoms with van der Waals surface area (Å²) in [6, 6.07) is 3.94. The number of aromatic nitrogens is 2. The van der Waals surface area contributed by atoms with Gasteiger partial charge in [0, 0.05) is 17.5 Å². The van der Waals surface area contributed by atoms with E-state index in [1.165, 1.54) is 6.42 Å². The first-order valence-corrected chi connectivity index (χ1v) is 6.67. The van der Waals surface area contributed by atoms with E-state index in [1.807, 2.05) is 6.07 Å². The highest BCUT2D eigenvalue weighted by atomic mass is 16.1. The van der Waals surface area contributed by atoms with Gasteiger partial charge in [-0.05, 0) is 32.5 Å². The third-order valence-corrected chi connectivity index (χ3v) is 3.69. The maximum absolute atomic E-state index is 11.9. The van der Waals surface area contributed by atoms with Gasteiger partial charge in [0.1, 0.15) is 0 Å². The molecule has 1 aromatic rings. The summed E-state index contributed by atoms with van der Waals surface area (Å²) < 4.78 is 1.63. The lowest BCUT2D eigenvalue weighted by molar-refractivity contribution is 0.268. The van der Waals surface area contributed by atoms with Crippen LogP contribution in [0, 0.1) is 0 Å². The Morgan fingerprint density at radius 1 is 1.39 bits per heavy atom. The first-order chi connectivity index (χ1) is 8.38. The van der Waals surface area contributed by atoms with Crippen LogP contribution in [0.2, 0.25) is 0 Å². The Morgan fingerprint density at radius 2 is 2.11 bits per heavy atom. The summed E-state index contributed by atoms with van der Waals surface area (Å²) in [5.74, 6) is 0. The molecule has 2 heterocycles. The molecule has 0 amide bonds. The van der Waals surface area contributed by atoms with E-state index in [1.54, 1.807) is 10.7 Å². The van der Waals surface area contributed by atoms with Crippen molar-refractivity contribution in [1.29, 1.82) is 0 Å². The molecule has 2 rings (SSSR count). The van der Waals surface area contributed by atoms with Crippen molar-refractivity contribution in [2.75, 3.05) is 13.6 Å². The number of likely N-dealkylation sites (tertiary alicyclic amines) is 1. The Hall–Kier alpha value is -1.16. The van der Waals surface area contributed by atoms with Crippen molar-refractivity contribution in [3.05, 3.63) is 28.2 Å². The predicted molar refractivity (Wildman–Crippen MR) is 72.8 cm³/mol. The topological polar surface area (TPSA) is 38.1 Å². The van der Waals surface area contributed by atoms with E-state index in [2.05, 4.69) is 37.8 Å². The molecule has 1 aliphatic rings. The lowest BCUT2D eigenvalue weighted by Crippen LogP contribution is -2.35. The van der Waals surface area contributed by atoms with Gasteiger partial charge in [-0.2, -0.15) is 5.10 Å². The molecular weight excluding hydrogens is 226 g/mol. The van der Waals surface area contributed by atoms with Crippen LogP contribution >= 0.6 is 0 Å². The molecule has 0 saturated carbocycles. The van der Waals surface area contributed by atoms with E-state index in [-0.39, 0.29) is 11.0 Å². The molecule has 0 N–H and O–H groups in total. The van der Waals surface area contributed by atoms with Crippen LogP contribution in [0.4, 0.5) is 0 Å². The molecule has 100 valence electrons. The Kier molecular flexibility index (Phi) is 3.57. The van der Waals surface area contributed by atoms with Gasteiger partial charge < -0.3 is 4.90 Å². The van der Waals surface area contributed by atoms with Crippen LogP contribution in [-0.2, 0) is 12.0 Å². The van der Waals surface area contributed by atoms with Crippen molar-refractivity contribution in [1.82, 2.24) is 14.7 Å². The highest BCUT2D eigenvalue weighted by molar-refractivity contribution is 5.10. The molecule has 1 aromatic heterocycles. The predicted octanol–water partition coefficient (Wildman–Crippen LogP) is 1.64. The monoisotopic (exact) mass is 249 g/mol. The van der Waals surface area contributed by atoms with Gasteiger partial charge in [-0.25, -0.2) is 4.68 Å². The number of likely N-dealkylation sites (N-methyl/N-ethyl adjacent to an activating group) is 1. The van der Waals surface area contributed by atoms with Gasteiger partial charge in [0.15, 0.2) is 0 Å². The van der Waals surface area contributed by atoms with Gasteiger partial charge in [0.05, 0.1) is 12.2 Å². The first-order valence-electron chi connectivity index (χ1n) is 6.67. The fourth-order valence-corrected chi connectivity index (χ4v) is 2.39. The van der Waals surface area contributed by atoms with Crippen molar-refractivity contribution in [2.24, 2.45) is 0 Å². The highest BCUT2D eigenvalue weighted by Crippen LogP contribution is 2.19. The van der Waals surface area contributed by atoms with Gasteiger partial charge in [0.2, 0.25) is 0 Å². The molecule has 0 radical (unpaired) electrons. The summed E-state index contributed by atoms with van der Waals surface area (Å²) in [6.45, 7) is 8.18. The van der Waals surface area contributed by atoms with Crippen molar-refractivity contribution in [3.8, 4) is 0 Å². The normalized spacial score (nSPS) is 21.4. The summed E-state index contributed by atoms with van der Waals surface area (Å²) in [4.78, 5) is 14.2. The molecule has 0 aromatic carbocycles. The summed E-state index contributed by atoms with van der Waals surface area (Å²) >= 11 is 0. The Balaban J connectivity index is 2.24. The molecule has 1 fully saturated rings. The van der Waals surface area contributed by atoms with Crippen LogP contribution in [0.25, 0.3) is 0 Å². The lowest BCUT2D eigenvalue weighted by atomic mass is 9.92. The third kappa shape index (κ3) is 2.80. The van der Waals surface area contributed by atoms with Crippen LogP contribution in [0.3, 0.4) is 0 Å². The number of hydrogen-bond donors (Lipinski definition) is 0. The Morgan fingerprint density at radius 3 is 2.67 bits per heavy atom. The summed E-state index contributed by atoms with van der Waals surface area (Å²) in [6.07, 6.45) is 2.37. The highest BCUT2D eigenvalue weighted by Gasteiger charge is 2.23. The second-order valence-corrected chi connectivity index (χ2v) is 6.27. The summed E-state index contributed by atoms with van der Waals surface area (Å²) in [7, 11) is 2.12. The van der Waals surface area contributed by atoms with Gasteiger partial charge in [-0.1, -0.05) is 20.8 Å². The van der Waals surface area contributed by atoms with E-state index >= 15 is 0 Å². The molecule has 1 saturated heterocycles. The van der Waals surface area contributed by atoms with Gasteiger partial charge in [0.25, 0.3) is 5.56 Å². The molecular formula is C14H23N3O. The van der Waals surface area contributed by atoms with Crippen LogP contribution in [0.15, 0.2) is 16.9 Å². The zero-order valence-electron chi connectivity index (χ0n) is 11.8. The average Bonchev–Trinajstić information content (AvgIpc) is 2.66. The second kappa shape index (κ2) is 4.84. The van der Waals surface area contributed by atoms with Crippen molar-refractivity contribution < 1.29 is 0 Å². The minimum Gasteiger partial charge on any atom is -0.302 e. The van der Waals surface area contributed by atoms with Gasteiger partial charge in [-0.3, -0.25) is 4.79 Å². The maximum atomic E-state index is 11.9. The molecule has 18 heavy (non-hydrogen) atoms. The van der Waals surface area contributed by atoms with Crippen LogP contribution in [0.5, 0.6) is 0 Å². The van der Waals surface area contributed by atoms with Crippen LogP contribution in [0.1, 0.15) is 39.3 Å². The third-order valence-electron chi connectivity index (χ3n) is 3.69. The number of hydrogen-bond acceptors (Lipinski definition) is 3. The quantitative estimate of drug-likeness (QED) is 0.799. The molecule has 0 spiro atoms. The maximum Gasteiger partial charge on any atom is 0.266 e. The fourth-order valence-electron chi connectivity index (χ4n) is 2.39. The van der Waals surface area contributed by atoms with E-state index < -0.39 is 0 Å². The molecule has 1 atom stereocenters. The molecule has 1 aliphatic heterocycles. The average molecular weight is 249 g/mol. The molecule has 0 bridgehead atoms. The molecule has 4 heteroatoms. The minimum absolute atomic E-state index is 0.00306. The smallest absolute Gasteiger partial charge is 0.266 e. The molecule has 4 nitrogen and oxygen atoms in total. The van der Waals surface area contributed by atoms with E-state index in [9.17, 15) is 4.79 Å². The van der Waals surface area contributed by atoms with Crippen LogP contribution < -0.4 is 5.56 Å². The fraction of sp³-hybridized carbons (Fsp3) is 0.714. The van der Waals surface area contributed by atoms with Gasteiger partial charge in [-0.15, -0.1) is 0 Å². The van der Waals surface area contributed by atoms with E-state index in [0.29, 0.717) is 12.6 Å².